The Morgan fingerprint density at radius 2 is 1.65 bits per heavy atom. The maximum atomic E-state index is 12.2. The first kappa shape index (κ1) is 21.1. The van der Waals surface area contributed by atoms with Gasteiger partial charge in [-0.25, -0.2) is 0 Å². The molecule has 0 aliphatic heterocycles. The van der Waals surface area contributed by atoms with E-state index in [2.05, 4.69) is 10.6 Å². The van der Waals surface area contributed by atoms with Crippen molar-refractivity contribution in [2.75, 3.05) is 0 Å². The summed E-state index contributed by atoms with van der Waals surface area (Å²) in [6.07, 6.45) is -0.309. The summed E-state index contributed by atoms with van der Waals surface area (Å²) in [7, 11) is 0. The predicted molar refractivity (Wildman–Crippen MR) is 92.2 cm³/mol. The zero-order valence-electron chi connectivity index (χ0n) is 14.3. The van der Waals surface area contributed by atoms with Crippen molar-refractivity contribution in [1.82, 2.24) is 10.6 Å². The molecule has 1 aromatic carbocycles. The SMILES string of the molecule is C[C@H](NC(=O)[C@H](CCC(=O)O)NC(=O)[C@@H](N)Cc1ccccc1)C(=O)O. The number of carboxylic acid groups (broad SMARTS) is 2. The molecule has 0 aliphatic carbocycles. The summed E-state index contributed by atoms with van der Waals surface area (Å²) in [6.45, 7) is 1.26. The van der Waals surface area contributed by atoms with Gasteiger partial charge in [-0.05, 0) is 25.3 Å². The molecule has 0 spiro atoms. The van der Waals surface area contributed by atoms with Crippen molar-refractivity contribution < 1.29 is 29.4 Å². The first-order chi connectivity index (χ1) is 12.2. The molecule has 0 radical (unpaired) electrons. The Labute approximate surface area is 150 Å². The summed E-state index contributed by atoms with van der Waals surface area (Å²) >= 11 is 0. The van der Waals surface area contributed by atoms with Crippen LogP contribution in [0, 0.1) is 0 Å². The van der Waals surface area contributed by atoms with E-state index in [1.54, 1.807) is 24.3 Å². The molecule has 0 saturated heterocycles. The van der Waals surface area contributed by atoms with Gasteiger partial charge in [-0.3, -0.25) is 19.2 Å². The van der Waals surface area contributed by atoms with Crippen LogP contribution < -0.4 is 16.4 Å². The molecule has 0 bridgehead atoms. The number of nitrogens with two attached hydrogens (primary N) is 1. The molecule has 1 aromatic rings. The molecule has 1 rings (SSSR count). The van der Waals surface area contributed by atoms with Crippen molar-refractivity contribution in [3.63, 3.8) is 0 Å². The molecule has 142 valence electrons. The van der Waals surface area contributed by atoms with Crippen LogP contribution in [-0.2, 0) is 25.6 Å². The summed E-state index contributed by atoms with van der Waals surface area (Å²) in [5, 5.41) is 22.3. The lowest BCUT2D eigenvalue weighted by atomic mass is 10.0. The van der Waals surface area contributed by atoms with Gasteiger partial charge in [0.25, 0.3) is 0 Å². The number of benzene rings is 1. The lowest BCUT2D eigenvalue weighted by Gasteiger charge is -2.21. The fourth-order valence-corrected chi connectivity index (χ4v) is 2.15. The molecular weight excluding hydrogens is 342 g/mol. The molecule has 0 heterocycles. The van der Waals surface area contributed by atoms with Crippen molar-refractivity contribution in [2.24, 2.45) is 5.73 Å². The van der Waals surface area contributed by atoms with Gasteiger partial charge in [0.1, 0.15) is 12.1 Å². The van der Waals surface area contributed by atoms with Crippen LogP contribution in [0.25, 0.3) is 0 Å². The molecule has 0 aromatic heterocycles. The van der Waals surface area contributed by atoms with Crippen LogP contribution in [0.15, 0.2) is 30.3 Å². The monoisotopic (exact) mass is 365 g/mol. The van der Waals surface area contributed by atoms with Crippen molar-refractivity contribution in [3.8, 4) is 0 Å². The lowest BCUT2D eigenvalue weighted by molar-refractivity contribution is -0.142. The number of aliphatic carboxylic acids is 2. The Bertz CT molecular complexity index is 649. The first-order valence-corrected chi connectivity index (χ1v) is 8.05. The van der Waals surface area contributed by atoms with Gasteiger partial charge in [0.05, 0.1) is 6.04 Å². The van der Waals surface area contributed by atoms with Crippen molar-refractivity contribution in [2.45, 2.75) is 44.3 Å². The number of hydrogen-bond acceptors (Lipinski definition) is 5. The highest BCUT2D eigenvalue weighted by Crippen LogP contribution is 2.04. The quantitative estimate of drug-likeness (QED) is 0.373. The second-order valence-electron chi connectivity index (χ2n) is 5.86. The van der Waals surface area contributed by atoms with Gasteiger partial charge in [-0.2, -0.15) is 0 Å². The van der Waals surface area contributed by atoms with Crippen molar-refractivity contribution in [1.29, 1.82) is 0 Å². The Balaban J connectivity index is 2.73. The van der Waals surface area contributed by atoms with Gasteiger partial charge in [0, 0.05) is 6.42 Å². The highest BCUT2D eigenvalue weighted by molar-refractivity contribution is 5.92. The minimum atomic E-state index is -1.25. The normalized spacial score (nSPS) is 13.9. The minimum Gasteiger partial charge on any atom is -0.481 e. The van der Waals surface area contributed by atoms with Crippen LogP contribution in [0.3, 0.4) is 0 Å². The standard InChI is InChI=1S/C17H23N3O6/c1-10(17(25)26)19-16(24)13(7-8-14(21)22)20-15(23)12(18)9-11-5-3-2-4-6-11/h2-6,10,12-13H,7-9,18H2,1H3,(H,19,24)(H,20,23)(H,21,22)(H,25,26)/t10-,12-,13-/m0/s1. The van der Waals surface area contributed by atoms with Gasteiger partial charge in [0.2, 0.25) is 11.8 Å². The maximum Gasteiger partial charge on any atom is 0.325 e. The van der Waals surface area contributed by atoms with Gasteiger partial charge < -0.3 is 26.6 Å². The van der Waals surface area contributed by atoms with Crippen LogP contribution in [0.4, 0.5) is 0 Å². The Kier molecular flexibility index (Phi) is 8.23. The third-order valence-corrected chi connectivity index (χ3v) is 3.64. The zero-order valence-corrected chi connectivity index (χ0v) is 14.3. The summed E-state index contributed by atoms with van der Waals surface area (Å²) in [6, 6.07) is 5.73. The fraction of sp³-hybridized carbons (Fsp3) is 0.412. The Morgan fingerprint density at radius 1 is 1.04 bits per heavy atom. The van der Waals surface area contributed by atoms with E-state index in [1.807, 2.05) is 6.07 Å². The average Bonchev–Trinajstić information content (AvgIpc) is 2.58. The van der Waals surface area contributed by atoms with Gasteiger partial charge >= 0.3 is 11.9 Å². The average molecular weight is 365 g/mol. The molecule has 0 fully saturated rings. The largest absolute Gasteiger partial charge is 0.481 e. The van der Waals surface area contributed by atoms with Crippen molar-refractivity contribution >= 4 is 23.8 Å². The highest BCUT2D eigenvalue weighted by atomic mass is 16.4. The van der Waals surface area contributed by atoms with E-state index < -0.39 is 41.9 Å². The molecule has 9 heteroatoms. The number of carboxylic acids is 2. The van der Waals surface area contributed by atoms with Crippen LogP contribution in [-0.4, -0.2) is 52.1 Å². The molecule has 0 aliphatic rings. The number of hydrogen-bond donors (Lipinski definition) is 5. The van der Waals surface area contributed by atoms with Crippen LogP contribution >= 0.6 is 0 Å². The number of nitrogens with one attached hydrogen (secondary N) is 2. The van der Waals surface area contributed by atoms with Crippen molar-refractivity contribution in [3.05, 3.63) is 35.9 Å². The lowest BCUT2D eigenvalue weighted by Crippen LogP contribution is -2.54. The molecule has 26 heavy (non-hydrogen) atoms. The first-order valence-electron chi connectivity index (χ1n) is 8.05. The van der Waals surface area contributed by atoms with Crippen LogP contribution in [0.1, 0.15) is 25.3 Å². The molecule has 3 atom stereocenters. The van der Waals surface area contributed by atoms with E-state index in [0.717, 1.165) is 5.56 Å². The van der Waals surface area contributed by atoms with E-state index in [9.17, 15) is 19.2 Å². The number of amides is 2. The molecule has 0 unspecified atom stereocenters. The molecule has 6 N–H and O–H groups in total. The molecule has 2 amide bonds. The molecule has 9 nitrogen and oxygen atoms in total. The van der Waals surface area contributed by atoms with E-state index in [0.29, 0.717) is 0 Å². The number of carbonyl (C=O) groups excluding carboxylic acids is 2. The summed E-state index contributed by atoms with van der Waals surface area (Å²) < 4.78 is 0. The van der Waals surface area contributed by atoms with E-state index in [-0.39, 0.29) is 19.3 Å². The summed E-state index contributed by atoms with van der Waals surface area (Å²) in [5.74, 6) is -3.79. The van der Waals surface area contributed by atoms with E-state index in [1.165, 1.54) is 6.92 Å². The van der Waals surface area contributed by atoms with Gasteiger partial charge in [-0.1, -0.05) is 30.3 Å². The number of rotatable bonds is 10. The highest BCUT2D eigenvalue weighted by Gasteiger charge is 2.26. The summed E-state index contributed by atoms with van der Waals surface area (Å²) in [5.41, 5.74) is 6.68. The van der Waals surface area contributed by atoms with E-state index in [4.69, 9.17) is 15.9 Å². The third-order valence-electron chi connectivity index (χ3n) is 3.64. The van der Waals surface area contributed by atoms with Crippen LogP contribution in [0.5, 0.6) is 0 Å². The molecule has 0 saturated carbocycles. The minimum absolute atomic E-state index is 0.183. The topological polar surface area (TPSA) is 159 Å². The second-order valence-corrected chi connectivity index (χ2v) is 5.86. The van der Waals surface area contributed by atoms with E-state index >= 15 is 0 Å². The summed E-state index contributed by atoms with van der Waals surface area (Å²) in [4.78, 5) is 46.0. The maximum absolute atomic E-state index is 12.2. The fourth-order valence-electron chi connectivity index (χ4n) is 2.15. The number of carbonyl (C=O) groups is 4. The Morgan fingerprint density at radius 3 is 2.19 bits per heavy atom. The second kappa shape index (κ2) is 10.1. The Hall–Kier alpha value is -2.94. The smallest absolute Gasteiger partial charge is 0.325 e. The molecular formula is C17H23N3O6. The predicted octanol–water partition coefficient (Wildman–Crippen LogP) is -0.505. The zero-order chi connectivity index (χ0) is 19.7. The third kappa shape index (κ3) is 7.31. The van der Waals surface area contributed by atoms with Crippen LogP contribution in [0.2, 0.25) is 0 Å². The van der Waals surface area contributed by atoms with Gasteiger partial charge in [0.15, 0.2) is 0 Å². The van der Waals surface area contributed by atoms with Gasteiger partial charge in [-0.15, -0.1) is 0 Å².